The number of H-pyrrole nitrogens is 1. The first kappa shape index (κ1) is 28.7. The van der Waals surface area contributed by atoms with Crippen LogP contribution in [-0.2, 0) is 20.8 Å². The lowest BCUT2D eigenvalue weighted by Crippen LogP contribution is -2.47. The van der Waals surface area contributed by atoms with Crippen LogP contribution in [-0.4, -0.2) is 64.3 Å². The number of aromatic amines is 1. The summed E-state index contributed by atoms with van der Waals surface area (Å²) in [5.41, 5.74) is -1.48. The first-order chi connectivity index (χ1) is 18.1. The van der Waals surface area contributed by atoms with Crippen LogP contribution in [0.25, 0.3) is 22.2 Å². The van der Waals surface area contributed by atoms with E-state index < -0.39 is 38.5 Å². The van der Waals surface area contributed by atoms with E-state index in [0.29, 0.717) is 30.3 Å². The third-order valence-electron chi connectivity index (χ3n) is 6.36. The third-order valence-corrected chi connectivity index (χ3v) is 8.51. The molecular weight excluding hydrogens is 535 g/mol. The Kier molecular flexibility index (Phi) is 7.58. The van der Waals surface area contributed by atoms with Gasteiger partial charge in [0.2, 0.25) is 5.95 Å². The fourth-order valence-electron chi connectivity index (χ4n) is 4.38. The van der Waals surface area contributed by atoms with Crippen molar-refractivity contribution in [2.45, 2.75) is 75.4 Å². The largest absolute Gasteiger partial charge is 0.444 e. The smallest absolute Gasteiger partial charge is 0.419 e. The highest BCUT2D eigenvalue weighted by molar-refractivity contribution is 7.92. The topological polar surface area (TPSA) is 117 Å². The van der Waals surface area contributed by atoms with E-state index in [-0.39, 0.29) is 34.7 Å². The van der Waals surface area contributed by atoms with E-state index in [2.05, 4.69) is 20.3 Å². The molecule has 4 rings (SSSR count). The Morgan fingerprint density at radius 3 is 2.59 bits per heavy atom. The maximum Gasteiger partial charge on any atom is 0.419 e. The lowest BCUT2D eigenvalue weighted by Gasteiger charge is -2.34. The second-order valence-corrected chi connectivity index (χ2v) is 13.4. The molecule has 39 heavy (non-hydrogen) atoms. The second kappa shape index (κ2) is 10.3. The average molecular weight is 568 g/mol. The van der Waals surface area contributed by atoms with Crippen LogP contribution in [0.4, 0.5) is 23.9 Å². The lowest BCUT2D eigenvalue weighted by atomic mass is 10.1. The number of carbonyl (C=O) groups is 1. The number of piperidine rings is 1. The van der Waals surface area contributed by atoms with Crippen molar-refractivity contribution in [2.24, 2.45) is 0 Å². The minimum absolute atomic E-state index is 0.0117. The number of carbonyl (C=O) groups excluding carboxylic acids is 1. The van der Waals surface area contributed by atoms with Crippen LogP contribution in [0.15, 0.2) is 35.5 Å². The third kappa shape index (κ3) is 6.29. The van der Waals surface area contributed by atoms with Gasteiger partial charge in [0, 0.05) is 48.0 Å². The van der Waals surface area contributed by atoms with Gasteiger partial charge in [-0.05, 0) is 59.6 Å². The number of halogens is 3. The molecule has 0 radical (unpaired) electrons. The fraction of sp³-hybridized carbons (Fsp3) is 0.500. The maximum atomic E-state index is 14.0. The fourth-order valence-corrected chi connectivity index (χ4v) is 5.47. The van der Waals surface area contributed by atoms with Crippen molar-refractivity contribution in [3.05, 3.63) is 36.2 Å². The summed E-state index contributed by atoms with van der Waals surface area (Å²) in [7, 11) is -3.57. The summed E-state index contributed by atoms with van der Waals surface area (Å²) in [6.07, 6.45) is -1.73. The molecule has 1 saturated heterocycles. The molecule has 2 N–H and O–H groups in total. The van der Waals surface area contributed by atoms with Crippen LogP contribution in [0.3, 0.4) is 0 Å². The Morgan fingerprint density at radius 2 is 1.95 bits per heavy atom. The van der Waals surface area contributed by atoms with E-state index >= 15 is 0 Å². The van der Waals surface area contributed by atoms with Gasteiger partial charge < -0.3 is 19.9 Å². The standard InChI is InChI=1S/C26H32F3N5O4S/c1-15(2)39(36,37)17-8-9-18-19(12-30-21(18)11-17)22-20(26(27,28)29)13-31-23(33-22)32-16-7-6-10-34(14-16)24(35)38-25(3,4)5/h8-9,11-13,15-16,30H,6-7,10,14H2,1-5H3,(H,31,32,33)/t16-/m0/s1. The van der Waals surface area contributed by atoms with Crippen LogP contribution in [0.2, 0.25) is 0 Å². The summed E-state index contributed by atoms with van der Waals surface area (Å²) in [4.78, 5) is 25.2. The summed E-state index contributed by atoms with van der Waals surface area (Å²) in [5, 5.41) is 2.81. The van der Waals surface area contributed by atoms with Crippen molar-refractivity contribution in [3.63, 3.8) is 0 Å². The molecule has 1 aliphatic heterocycles. The zero-order valence-corrected chi connectivity index (χ0v) is 23.2. The number of likely N-dealkylation sites (tertiary alicyclic amines) is 1. The van der Waals surface area contributed by atoms with E-state index in [1.807, 2.05) is 0 Å². The SMILES string of the molecule is CC(C)S(=O)(=O)c1ccc2c(-c3nc(N[C@H]4CCCN(C(=O)OC(C)(C)C)C4)ncc3C(F)(F)F)c[nH]c2c1. The van der Waals surface area contributed by atoms with Gasteiger partial charge in [-0.1, -0.05) is 6.07 Å². The summed E-state index contributed by atoms with van der Waals surface area (Å²) >= 11 is 0. The number of sulfone groups is 1. The normalized spacial score (nSPS) is 17.1. The molecule has 1 amide bonds. The molecule has 2 aromatic heterocycles. The number of benzene rings is 1. The van der Waals surface area contributed by atoms with E-state index in [0.717, 1.165) is 6.20 Å². The Balaban J connectivity index is 1.66. The summed E-state index contributed by atoms with van der Waals surface area (Å²) in [6, 6.07) is 3.99. The monoisotopic (exact) mass is 567 g/mol. The lowest BCUT2D eigenvalue weighted by molar-refractivity contribution is -0.137. The van der Waals surface area contributed by atoms with Gasteiger partial charge in [0.15, 0.2) is 9.84 Å². The van der Waals surface area contributed by atoms with Gasteiger partial charge in [-0.2, -0.15) is 13.2 Å². The van der Waals surface area contributed by atoms with E-state index in [1.54, 1.807) is 39.5 Å². The van der Waals surface area contributed by atoms with Gasteiger partial charge in [0.1, 0.15) is 11.2 Å². The molecule has 212 valence electrons. The van der Waals surface area contributed by atoms with Gasteiger partial charge in [-0.15, -0.1) is 0 Å². The highest BCUT2D eigenvalue weighted by atomic mass is 32.2. The quantitative estimate of drug-likeness (QED) is 0.410. The van der Waals surface area contributed by atoms with Crippen LogP contribution in [0.5, 0.6) is 0 Å². The van der Waals surface area contributed by atoms with Gasteiger partial charge in [-0.25, -0.2) is 23.2 Å². The number of ether oxygens (including phenoxy) is 1. The molecule has 3 heterocycles. The number of fused-ring (bicyclic) bond motifs is 1. The molecule has 0 bridgehead atoms. The number of rotatable bonds is 5. The van der Waals surface area contributed by atoms with Gasteiger partial charge in [0.25, 0.3) is 0 Å². The molecule has 0 unspecified atom stereocenters. The summed E-state index contributed by atoms with van der Waals surface area (Å²) in [5.74, 6) is -0.0117. The zero-order chi connectivity index (χ0) is 28.8. The van der Waals surface area contributed by atoms with Crippen molar-refractivity contribution in [2.75, 3.05) is 18.4 Å². The molecule has 0 spiro atoms. The number of alkyl halides is 3. The molecule has 13 heteroatoms. The molecule has 1 fully saturated rings. The number of anilines is 1. The van der Waals surface area contributed by atoms with E-state index in [4.69, 9.17) is 4.74 Å². The van der Waals surface area contributed by atoms with Gasteiger partial charge >= 0.3 is 12.3 Å². The van der Waals surface area contributed by atoms with Gasteiger partial charge in [0.05, 0.1) is 15.8 Å². The van der Waals surface area contributed by atoms with E-state index in [9.17, 15) is 26.4 Å². The molecule has 3 aromatic rings. The molecule has 0 aliphatic carbocycles. The number of nitrogens with zero attached hydrogens (tertiary/aromatic N) is 3. The zero-order valence-electron chi connectivity index (χ0n) is 22.4. The Morgan fingerprint density at radius 1 is 1.23 bits per heavy atom. The molecule has 1 atom stereocenters. The first-order valence-electron chi connectivity index (χ1n) is 12.6. The predicted octanol–water partition coefficient (Wildman–Crippen LogP) is 5.64. The Bertz CT molecular complexity index is 1480. The van der Waals surface area contributed by atoms with Crippen LogP contribution in [0, 0.1) is 0 Å². The van der Waals surface area contributed by atoms with Crippen molar-refractivity contribution in [3.8, 4) is 11.3 Å². The molecule has 1 aromatic carbocycles. The minimum Gasteiger partial charge on any atom is -0.444 e. The van der Waals surface area contributed by atoms with Crippen LogP contribution in [0.1, 0.15) is 53.0 Å². The maximum absolute atomic E-state index is 14.0. The molecular formula is C26H32F3N5O4S. The molecule has 0 saturated carbocycles. The number of aromatic nitrogens is 3. The predicted molar refractivity (Wildman–Crippen MR) is 141 cm³/mol. The van der Waals surface area contributed by atoms with Crippen molar-refractivity contribution in [1.82, 2.24) is 19.9 Å². The molecule has 1 aliphatic rings. The van der Waals surface area contributed by atoms with E-state index in [1.165, 1.54) is 24.4 Å². The number of amides is 1. The first-order valence-corrected chi connectivity index (χ1v) is 14.1. The highest BCUT2D eigenvalue weighted by Gasteiger charge is 2.36. The van der Waals surface area contributed by atoms with Crippen molar-refractivity contribution < 1.29 is 31.1 Å². The minimum atomic E-state index is -4.73. The average Bonchev–Trinajstić information content (AvgIpc) is 3.25. The molecule has 9 nitrogen and oxygen atoms in total. The number of nitrogens with one attached hydrogen (secondary N) is 2. The summed E-state index contributed by atoms with van der Waals surface area (Å²) in [6.45, 7) is 9.24. The number of hydrogen-bond acceptors (Lipinski definition) is 7. The number of hydrogen-bond donors (Lipinski definition) is 2. The highest BCUT2D eigenvalue weighted by Crippen LogP contribution is 2.39. The van der Waals surface area contributed by atoms with Crippen molar-refractivity contribution >= 4 is 32.8 Å². The summed E-state index contributed by atoms with van der Waals surface area (Å²) < 4.78 is 72.5. The Hall–Kier alpha value is -3.35. The van der Waals surface area contributed by atoms with Crippen LogP contribution < -0.4 is 5.32 Å². The van der Waals surface area contributed by atoms with Gasteiger partial charge in [-0.3, -0.25) is 0 Å². The second-order valence-electron chi connectivity index (χ2n) is 10.9. The Labute approximate surface area is 225 Å². The van der Waals surface area contributed by atoms with Crippen molar-refractivity contribution in [1.29, 1.82) is 0 Å². The van der Waals surface area contributed by atoms with Crippen LogP contribution >= 0.6 is 0 Å².